The van der Waals surface area contributed by atoms with Crippen molar-refractivity contribution in [3.05, 3.63) is 88.4 Å². The molecular formula is C23H20ClFN4OS2. The van der Waals surface area contributed by atoms with Crippen LogP contribution in [0.2, 0.25) is 5.02 Å². The highest BCUT2D eigenvalue weighted by Gasteiger charge is 2.14. The molecule has 0 aliphatic heterocycles. The fourth-order valence-corrected chi connectivity index (χ4v) is 4.93. The summed E-state index contributed by atoms with van der Waals surface area (Å²) in [4.78, 5) is 4.75. The van der Waals surface area contributed by atoms with Gasteiger partial charge in [0.25, 0.3) is 0 Å². The van der Waals surface area contributed by atoms with Crippen molar-refractivity contribution < 1.29 is 9.13 Å². The molecular weight excluding hydrogens is 467 g/mol. The first-order chi connectivity index (χ1) is 15.5. The first kappa shape index (κ1) is 22.5. The number of ether oxygens (including phenoxy) is 1. The number of thiazole rings is 1. The standard InChI is InChI=1S/C23H20ClFN4OS2/c1-3-10-29-21(12-30-20-9-8-17(25)11-19(20)24)27-28-23(29)32-14-18-13-31-22(26-18)16-6-4-15(2)5-7-16/h3-9,11,13H,1,10,12,14H2,2H3. The fourth-order valence-electron chi connectivity index (χ4n) is 2.92. The number of hydrogen-bond acceptors (Lipinski definition) is 6. The molecule has 2 heterocycles. The van der Waals surface area contributed by atoms with E-state index < -0.39 is 5.82 Å². The molecule has 2 aromatic heterocycles. The number of hydrogen-bond donors (Lipinski definition) is 0. The van der Waals surface area contributed by atoms with E-state index in [1.54, 1.807) is 29.2 Å². The van der Waals surface area contributed by atoms with Crippen LogP contribution < -0.4 is 4.74 Å². The maximum Gasteiger partial charge on any atom is 0.191 e. The number of benzene rings is 2. The van der Waals surface area contributed by atoms with Crippen LogP contribution in [0.25, 0.3) is 10.6 Å². The van der Waals surface area contributed by atoms with Crippen LogP contribution in [0.5, 0.6) is 5.75 Å². The summed E-state index contributed by atoms with van der Waals surface area (Å²) in [7, 11) is 0. The number of aromatic nitrogens is 4. The molecule has 5 nitrogen and oxygen atoms in total. The summed E-state index contributed by atoms with van der Waals surface area (Å²) < 4.78 is 20.9. The van der Waals surface area contributed by atoms with Gasteiger partial charge >= 0.3 is 0 Å². The third-order valence-corrected chi connectivity index (χ3v) is 6.79. The fraction of sp³-hybridized carbons (Fsp3) is 0.174. The molecule has 0 aliphatic carbocycles. The summed E-state index contributed by atoms with van der Waals surface area (Å²) in [5, 5.41) is 12.6. The van der Waals surface area contributed by atoms with Crippen molar-refractivity contribution in [3.63, 3.8) is 0 Å². The average molecular weight is 487 g/mol. The van der Waals surface area contributed by atoms with Crippen molar-refractivity contribution in [2.24, 2.45) is 0 Å². The van der Waals surface area contributed by atoms with Crippen LogP contribution in [0, 0.1) is 12.7 Å². The molecule has 0 saturated carbocycles. The van der Waals surface area contributed by atoms with E-state index in [-0.39, 0.29) is 11.6 Å². The summed E-state index contributed by atoms with van der Waals surface area (Å²) in [6, 6.07) is 12.4. The Morgan fingerprint density at radius 3 is 2.78 bits per heavy atom. The molecule has 0 unspecified atom stereocenters. The molecule has 0 saturated heterocycles. The Morgan fingerprint density at radius 1 is 1.22 bits per heavy atom. The monoisotopic (exact) mass is 486 g/mol. The summed E-state index contributed by atoms with van der Waals surface area (Å²) in [6.45, 7) is 6.58. The van der Waals surface area contributed by atoms with Gasteiger partial charge in [-0.25, -0.2) is 9.37 Å². The van der Waals surface area contributed by atoms with Gasteiger partial charge in [0.1, 0.15) is 23.2 Å². The lowest BCUT2D eigenvalue weighted by Gasteiger charge is -2.10. The molecule has 0 amide bonds. The van der Waals surface area contributed by atoms with E-state index in [9.17, 15) is 4.39 Å². The molecule has 0 N–H and O–H groups in total. The highest BCUT2D eigenvalue weighted by Crippen LogP contribution is 2.29. The van der Waals surface area contributed by atoms with E-state index in [0.29, 0.717) is 23.9 Å². The van der Waals surface area contributed by atoms with Gasteiger partial charge in [0.15, 0.2) is 11.0 Å². The minimum Gasteiger partial charge on any atom is -0.484 e. The van der Waals surface area contributed by atoms with Gasteiger partial charge in [0.05, 0.1) is 10.7 Å². The van der Waals surface area contributed by atoms with Crippen molar-refractivity contribution in [1.29, 1.82) is 0 Å². The van der Waals surface area contributed by atoms with Gasteiger partial charge in [-0.15, -0.1) is 28.1 Å². The summed E-state index contributed by atoms with van der Waals surface area (Å²) >= 11 is 9.22. The molecule has 0 aliphatic rings. The predicted octanol–water partition coefficient (Wildman–Crippen LogP) is 6.56. The third kappa shape index (κ3) is 5.38. The minimum absolute atomic E-state index is 0.154. The van der Waals surface area contributed by atoms with Crippen LogP contribution in [0.3, 0.4) is 0 Å². The Bertz CT molecular complexity index is 1220. The molecule has 0 atom stereocenters. The lowest BCUT2D eigenvalue weighted by molar-refractivity contribution is 0.289. The van der Waals surface area contributed by atoms with Crippen molar-refractivity contribution in [2.45, 2.75) is 31.0 Å². The first-order valence-corrected chi connectivity index (χ1v) is 12.0. The number of aryl methyl sites for hydroxylation is 1. The van der Waals surface area contributed by atoms with Crippen LogP contribution in [0.1, 0.15) is 17.1 Å². The Kier molecular flexibility index (Phi) is 7.24. The molecule has 0 radical (unpaired) electrons. The van der Waals surface area contributed by atoms with Crippen LogP contribution >= 0.6 is 34.7 Å². The number of thioether (sulfide) groups is 1. The van der Waals surface area contributed by atoms with Gasteiger partial charge in [-0.2, -0.15) is 0 Å². The lowest BCUT2D eigenvalue weighted by Crippen LogP contribution is -2.07. The summed E-state index contributed by atoms with van der Waals surface area (Å²) in [6.07, 6.45) is 1.78. The topological polar surface area (TPSA) is 52.8 Å². The molecule has 9 heteroatoms. The second-order valence-corrected chi connectivity index (χ2v) is 9.17. The van der Waals surface area contributed by atoms with Gasteiger partial charge in [0, 0.05) is 23.2 Å². The van der Waals surface area contributed by atoms with E-state index in [4.69, 9.17) is 21.3 Å². The van der Waals surface area contributed by atoms with Crippen molar-refractivity contribution >= 4 is 34.7 Å². The number of allylic oxidation sites excluding steroid dienone is 1. The second kappa shape index (κ2) is 10.3. The Balaban J connectivity index is 1.43. The minimum atomic E-state index is -0.413. The largest absolute Gasteiger partial charge is 0.484 e. The highest BCUT2D eigenvalue weighted by molar-refractivity contribution is 7.98. The first-order valence-electron chi connectivity index (χ1n) is 9.78. The molecule has 4 rings (SSSR count). The average Bonchev–Trinajstić information content (AvgIpc) is 3.40. The predicted molar refractivity (Wildman–Crippen MR) is 128 cm³/mol. The van der Waals surface area contributed by atoms with Gasteiger partial charge in [-0.3, -0.25) is 4.57 Å². The summed E-state index contributed by atoms with van der Waals surface area (Å²) in [5.74, 6) is 1.28. The quantitative estimate of drug-likeness (QED) is 0.198. The zero-order valence-corrected chi connectivity index (χ0v) is 19.7. The van der Waals surface area contributed by atoms with Crippen LogP contribution in [-0.2, 0) is 18.9 Å². The Hall–Kier alpha value is -2.68. The zero-order valence-electron chi connectivity index (χ0n) is 17.3. The maximum atomic E-state index is 13.2. The lowest BCUT2D eigenvalue weighted by atomic mass is 10.2. The van der Waals surface area contributed by atoms with Crippen molar-refractivity contribution in [2.75, 3.05) is 0 Å². The molecule has 0 spiro atoms. The number of halogens is 2. The Labute approximate surface area is 198 Å². The maximum absolute atomic E-state index is 13.2. The van der Waals surface area contributed by atoms with Crippen LogP contribution in [0.4, 0.5) is 4.39 Å². The molecule has 4 aromatic rings. The molecule has 0 bridgehead atoms. The van der Waals surface area contributed by atoms with Crippen molar-refractivity contribution in [1.82, 2.24) is 19.7 Å². The molecule has 164 valence electrons. The van der Waals surface area contributed by atoms with Gasteiger partial charge in [-0.05, 0) is 25.1 Å². The van der Waals surface area contributed by atoms with E-state index >= 15 is 0 Å². The zero-order chi connectivity index (χ0) is 22.5. The van der Waals surface area contributed by atoms with E-state index in [1.165, 1.54) is 23.8 Å². The van der Waals surface area contributed by atoms with Crippen molar-refractivity contribution in [3.8, 4) is 16.3 Å². The smallest absolute Gasteiger partial charge is 0.191 e. The SMILES string of the molecule is C=CCn1c(COc2ccc(F)cc2Cl)nnc1SCc1csc(-c2ccc(C)cc2)n1. The highest BCUT2D eigenvalue weighted by atomic mass is 35.5. The van der Waals surface area contributed by atoms with E-state index in [0.717, 1.165) is 21.4 Å². The third-order valence-electron chi connectivity index (χ3n) is 4.56. The Morgan fingerprint density at radius 2 is 2.03 bits per heavy atom. The van der Waals surface area contributed by atoms with E-state index in [1.807, 2.05) is 4.57 Å². The van der Waals surface area contributed by atoms with Crippen LogP contribution in [0.15, 0.2) is 65.7 Å². The van der Waals surface area contributed by atoms with Gasteiger partial charge < -0.3 is 4.74 Å². The second-order valence-electron chi connectivity index (χ2n) is 6.96. The molecule has 2 aromatic carbocycles. The summed E-state index contributed by atoms with van der Waals surface area (Å²) in [5.41, 5.74) is 3.33. The van der Waals surface area contributed by atoms with E-state index in [2.05, 4.69) is 53.3 Å². The van der Waals surface area contributed by atoms with Gasteiger partial charge in [-0.1, -0.05) is 59.3 Å². The van der Waals surface area contributed by atoms with Gasteiger partial charge in [0.2, 0.25) is 0 Å². The molecule has 32 heavy (non-hydrogen) atoms. The normalized spacial score (nSPS) is 11.0. The number of rotatable bonds is 9. The molecule has 0 fully saturated rings. The number of nitrogens with zero attached hydrogens (tertiary/aromatic N) is 4. The van der Waals surface area contributed by atoms with Crippen LogP contribution in [-0.4, -0.2) is 19.7 Å².